The van der Waals surface area contributed by atoms with Gasteiger partial charge in [0.05, 0.1) is 11.1 Å². The minimum Gasteiger partial charge on any atom is -0.353 e. The van der Waals surface area contributed by atoms with Crippen LogP contribution in [-0.4, -0.2) is 27.7 Å². The number of rotatable bonds is 7. The Bertz CT molecular complexity index is 780. The zero-order valence-corrected chi connectivity index (χ0v) is 16.5. The van der Waals surface area contributed by atoms with Crippen molar-refractivity contribution in [3.63, 3.8) is 0 Å². The van der Waals surface area contributed by atoms with Gasteiger partial charge >= 0.3 is 0 Å². The number of hydrogen-bond donors (Lipinski definition) is 2. The summed E-state index contributed by atoms with van der Waals surface area (Å²) in [4.78, 5) is 33.6. The minimum atomic E-state index is -0.102. The lowest BCUT2D eigenvalue weighted by Crippen LogP contribution is -2.31. The highest BCUT2D eigenvalue weighted by atomic mass is 32.2. The molecule has 2 N–H and O–H groups in total. The monoisotopic (exact) mass is 367 g/mol. The van der Waals surface area contributed by atoms with Crippen LogP contribution in [0.3, 0.4) is 0 Å². The SMILES string of the molecule is CC[C@@H](C)Cc1c(C)sc2nc(SCC(=O)NC(C)C)[nH]c(=O)c12. The van der Waals surface area contributed by atoms with Crippen molar-refractivity contribution < 1.29 is 4.79 Å². The summed E-state index contributed by atoms with van der Waals surface area (Å²) in [5.41, 5.74) is 1.02. The lowest BCUT2D eigenvalue weighted by Gasteiger charge is -2.08. The molecular weight excluding hydrogens is 342 g/mol. The van der Waals surface area contributed by atoms with Gasteiger partial charge in [-0.15, -0.1) is 11.3 Å². The van der Waals surface area contributed by atoms with E-state index in [1.807, 2.05) is 20.8 Å². The molecule has 2 heterocycles. The van der Waals surface area contributed by atoms with E-state index >= 15 is 0 Å². The third-order valence-electron chi connectivity index (χ3n) is 3.88. The number of aryl methyl sites for hydroxylation is 1. The van der Waals surface area contributed by atoms with Crippen LogP contribution in [-0.2, 0) is 11.2 Å². The van der Waals surface area contributed by atoms with E-state index in [1.165, 1.54) is 11.8 Å². The third kappa shape index (κ3) is 4.60. The standard InChI is InChI=1S/C17H25N3O2S2/c1-6-10(4)7-12-11(5)24-16-14(12)15(22)19-17(20-16)23-8-13(21)18-9(2)3/h9-10H,6-8H2,1-5H3,(H,18,21)(H,19,20,22)/t10-/m1/s1. The van der Waals surface area contributed by atoms with Crippen molar-refractivity contribution in [3.05, 3.63) is 20.8 Å². The highest BCUT2D eigenvalue weighted by Gasteiger charge is 2.17. The van der Waals surface area contributed by atoms with Gasteiger partial charge in [0.1, 0.15) is 4.83 Å². The normalized spacial score (nSPS) is 12.8. The van der Waals surface area contributed by atoms with Crippen molar-refractivity contribution in [1.29, 1.82) is 0 Å². The summed E-state index contributed by atoms with van der Waals surface area (Å²) in [5.74, 6) is 0.726. The molecule has 24 heavy (non-hydrogen) atoms. The molecule has 0 radical (unpaired) electrons. The molecule has 0 aliphatic carbocycles. The number of hydrogen-bond acceptors (Lipinski definition) is 5. The molecule has 132 valence electrons. The highest BCUT2D eigenvalue weighted by molar-refractivity contribution is 7.99. The molecule has 1 atom stereocenters. The van der Waals surface area contributed by atoms with Crippen LogP contribution in [0.5, 0.6) is 0 Å². The lowest BCUT2D eigenvalue weighted by atomic mass is 9.98. The largest absolute Gasteiger partial charge is 0.353 e. The topological polar surface area (TPSA) is 74.8 Å². The Kier molecular flexibility index (Phi) is 6.46. The lowest BCUT2D eigenvalue weighted by molar-refractivity contribution is -0.119. The molecular formula is C17H25N3O2S2. The Labute approximate surface area is 150 Å². The number of thioether (sulfide) groups is 1. The van der Waals surface area contributed by atoms with E-state index in [1.54, 1.807) is 11.3 Å². The number of amides is 1. The first-order valence-electron chi connectivity index (χ1n) is 8.26. The molecule has 0 aromatic carbocycles. The maximum absolute atomic E-state index is 12.5. The van der Waals surface area contributed by atoms with Crippen LogP contribution >= 0.6 is 23.1 Å². The smallest absolute Gasteiger partial charge is 0.260 e. The fourth-order valence-corrected chi connectivity index (χ4v) is 4.24. The number of carbonyl (C=O) groups is 1. The first-order valence-corrected chi connectivity index (χ1v) is 10.1. The van der Waals surface area contributed by atoms with Crippen molar-refractivity contribution in [1.82, 2.24) is 15.3 Å². The fourth-order valence-electron chi connectivity index (χ4n) is 2.46. The first-order chi connectivity index (χ1) is 11.3. The third-order valence-corrected chi connectivity index (χ3v) is 5.79. The van der Waals surface area contributed by atoms with Gasteiger partial charge in [-0.05, 0) is 38.7 Å². The number of aromatic amines is 1. The summed E-state index contributed by atoms with van der Waals surface area (Å²) in [5, 5.41) is 4.05. The van der Waals surface area contributed by atoms with Crippen molar-refractivity contribution in [2.24, 2.45) is 5.92 Å². The molecule has 2 rings (SSSR count). The van der Waals surface area contributed by atoms with Gasteiger partial charge in [0.15, 0.2) is 5.16 Å². The van der Waals surface area contributed by atoms with E-state index in [-0.39, 0.29) is 23.3 Å². The van der Waals surface area contributed by atoms with E-state index in [4.69, 9.17) is 0 Å². The fraction of sp³-hybridized carbons (Fsp3) is 0.588. The van der Waals surface area contributed by atoms with Gasteiger partial charge in [-0.25, -0.2) is 4.98 Å². The maximum Gasteiger partial charge on any atom is 0.260 e. The van der Waals surface area contributed by atoms with Crippen molar-refractivity contribution in [2.45, 2.75) is 58.7 Å². The van der Waals surface area contributed by atoms with E-state index in [0.717, 1.165) is 28.1 Å². The molecule has 0 bridgehead atoms. The molecule has 2 aromatic heterocycles. The van der Waals surface area contributed by atoms with E-state index in [0.29, 0.717) is 16.5 Å². The number of aromatic nitrogens is 2. The van der Waals surface area contributed by atoms with E-state index < -0.39 is 0 Å². The number of carbonyl (C=O) groups excluding carboxylic acids is 1. The number of nitrogens with one attached hydrogen (secondary N) is 2. The van der Waals surface area contributed by atoms with Gasteiger partial charge in [-0.3, -0.25) is 9.59 Å². The van der Waals surface area contributed by atoms with Crippen LogP contribution < -0.4 is 10.9 Å². The van der Waals surface area contributed by atoms with Crippen LogP contribution in [0, 0.1) is 12.8 Å². The average molecular weight is 368 g/mol. The molecule has 0 saturated carbocycles. The molecule has 0 spiro atoms. The highest BCUT2D eigenvalue weighted by Crippen LogP contribution is 2.30. The first kappa shape index (κ1) is 19.0. The second-order valence-electron chi connectivity index (χ2n) is 6.42. The molecule has 0 aliphatic heterocycles. The molecule has 0 unspecified atom stereocenters. The summed E-state index contributed by atoms with van der Waals surface area (Å²) >= 11 is 2.82. The number of thiophene rings is 1. The summed E-state index contributed by atoms with van der Waals surface area (Å²) < 4.78 is 0. The van der Waals surface area contributed by atoms with Crippen LogP contribution in [0.25, 0.3) is 10.2 Å². The molecule has 1 amide bonds. The molecule has 7 heteroatoms. The maximum atomic E-state index is 12.5. The quantitative estimate of drug-likeness (QED) is 0.580. The Morgan fingerprint density at radius 2 is 2.08 bits per heavy atom. The number of nitrogens with zero attached hydrogens (tertiary/aromatic N) is 1. The zero-order valence-electron chi connectivity index (χ0n) is 14.9. The second kappa shape index (κ2) is 8.16. The molecule has 0 saturated heterocycles. The van der Waals surface area contributed by atoms with Gasteiger partial charge in [0, 0.05) is 10.9 Å². The molecule has 0 fully saturated rings. The summed E-state index contributed by atoms with van der Waals surface area (Å²) in [7, 11) is 0. The van der Waals surface area contributed by atoms with Gasteiger partial charge in [0.25, 0.3) is 5.56 Å². The van der Waals surface area contributed by atoms with Crippen LogP contribution in [0.1, 0.15) is 44.6 Å². The summed E-state index contributed by atoms with van der Waals surface area (Å²) in [6, 6.07) is 0.107. The molecule has 5 nitrogen and oxygen atoms in total. The van der Waals surface area contributed by atoms with Crippen LogP contribution in [0.15, 0.2) is 9.95 Å². The predicted octanol–water partition coefficient (Wildman–Crippen LogP) is 3.50. The van der Waals surface area contributed by atoms with Gasteiger partial charge in [0.2, 0.25) is 5.91 Å². The zero-order chi connectivity index (χ0) is 17.9. The number of H-pyrrole nitrogens is 1. The Morgan fingerprint density at radius 3 is 2.71 bits per heavy atom. The predicted molar refractivity (Wildman–Crippen MR) is 102 cm³/mol. The molecule has 2 aromatic rings. The number of fused-ring (bicyclic) bond motifs is 1. The van der Waals surface area contributed by atoms with Crippen molar-refractivity contribution in [3.8, 4) is 0 Å². The van der Waals surface area contributed by atoms with Crippen molar-refractivity contribution >= 4 is 39.2 Å². The van der Waals surface area contributed by atoms with E-state index in [2.05, 4.69) is 29.1 Å². The summed E-state index contributed by atoms with van der Waals surface area (Å²) in [6.45, 7) is 10.2. The average Bonchev–Trinajstić information content (AvgIpc) is 2.80. The van der Waals surface area contributed by atoms with Gasteiger partial charge in [-0.2, -0.15) is 0 Å². The molecule has 0 aliphatic rings. The Morgan fingerprint density at radius 1 is 1.38 bits per heavy atom. The summed E-state index contributed by atoms with van der Waals surface area (Å²) in [6.07, 6.45) is 1.98. The van der Waals surface area contributed by atoms with E-state index in [9.17, 15) is 9.59 Å². The Balaban J connectivity index is 2.25. The van der Waals surface area contributed by atoms with Crippen molar-refractivity contribution in [2.75, 3.05) is 5.75 Å². The van der Waals surface area contributed by atoms with Gasteiger partial charge in [-0.1, -0.05) is 32.0 Å². The second-order valence-corrected chi connectivity index (χ2v) is 8.58. The van der Waals surface area contributed by atoms with Crippen LogP contribution in [0.2, 0.25) is 0 Å². The van der Waals surface area contributed by atoms with Gasteiger partial charge < -0.3 is 10.3 Å². The minimum absolute atomic E-state index is 0.0578. The van der Waals surface area contributed by atoms with Crippen LogP contribution in [0.4, 0.5) is 0 Å². The Hall–Kier alpha value is -1.34.